The molecule has 0 N–H and O–H groups in total. The van der Waals surface area contributed by atoms with Crippen LogP contribution in [0, 0.1) is 23.5 Å². The van der Waals surface area contributed by atoms with E-state index in [1.165, 1.54) is 24.3 Å². The number of Topliss-reactive ketones (excluding diaryl/α,β-unsaturated/α-hetero) is 1. The standard InChI is InChI=1S/C28H27F2N2O3/c29-22-7-3-5-20(15-22)27(21-6-4-8-23(30)16-21)35-28(34)24-17-32(13-10-19(24)11-14-32)18-26(33)25-9-1-2-12-31-25/h1-9,12,15-16,19,24,27H,10-11,13-14,17-18H2/q+1. The zero-order valence-electron chi connectivity index (χ0n) is 19.3. The lowest BCUT2D eigenvalue weighted by Crippen LogP contribution is -2.64. The van der Waals surface area contributed by atoms with Gasteiger partial charge in [0, 0.05) is 19.0 Å². The number of ether oxygens (including phenoxy) is 1. The number of rotatable bonds is 7. The third kappa shape index (κ3) is 5.00. The highest BCUT2D eigenvalue weighted by Gasteiger charge is 2.50. The topological polar surface area (TPSA) is 56.3 Å². The van der Waals surface area contributed by atoms with E-state index in [4.69, 9.17) is 4.74 Å². The van der Waals surface area contributed by atoms with E-state index in [1.54, 1.807) is 48.7 Å². The molecule has 0 aliphatic carbocycles. The van der Waals surface area contributed by atoms with E-state index in [-0.39, 0.29) is 23.6 Å². The number of pyridine rings is 1. The molecule has 1 aromatic heterocycles. The van der Waals surface area contributed by atoms with E-state index in [9.17, 15) is 18.4 Å². The van der Waals surface area contributed by atoms with Crippen LogP contribution in [-0.2, 0) is 9.53 Å². The Bertz CT molecular complexity index is 1180. The summed E-state index contributed by atoms with van der Waals surface area (Å²) < 4.78 is 34.5. The van der Waals surface area contributed by atoms with Gasteiger partial charge in [-0.25, -0.2) is 8.78 Å². The van der Waals surface area contributed by atoms with Gasteiger partial charge in [-0.15, -0.1) is 0 Å². The van der Waals surface area contributed by atoms with Gasteiger partial charge in [0.15, 0.2) is 6.10 Å². The Balaban J connectivity index is 1.37. The lowest BCUT2D eigenvalue weighted by molar-refractivity contribution is -0.938. The summed E-state index contributed by atoms with van der Waals surface area (Å²) in [7, 11) is 0. The van der Waals surface area contributed by atoms with Crippen LogP contribution in [0.15, 0.2) is 72.9 Å². The number of ketones is 1. The molecule has 2 bridgehead atoms. The summed E-state index contributed by atoms with van der Waals surface area (Å²) in [6, 6.07) is 16.9. The van der Waals surface area contributed by atoms with Crippen molar-refractivity contribution in [3.8, 4) is 0 Å². The molecule has 5 nitrogen and oxygen atoms in total. The van der Waals surface area contributed by atoms with Gasteiger partial charge in [0.1, 0.15) is 29.8 Å². The summed E-state index contributed by atoms with van der Waals surface area (Å²) >= 11 is 0. The first-order valence-electron chi connectivity index (χ1n) is 11.9. The van der Waals surface area contributed by atoms with Gasteiger partial charge in [-0.1, -0.05) is 30.3 Å². The number of quaternary nitrogens is 1. The van der Waals surface area contributed by atoms with Crippen LogP contribution in [0.3, 0.4) is 0 Å². The largest absolute Gasteiger partial charge is 0.452 e. The molecule has 1 unspecified atom stereocenters. The predicted octanol–water partition coefficient (Wildman–Crippen LogP) is 4.73. The molecule has 0 radical (unpaired) electrons. The fourth-order valence-corrected chi connectivity index (χ4v) is 5.56. The number of hydrogen-bond acceptors (Lipinski definition) is 4. The number of fused-ring (bicyclic) bond motifs is 3. The fraction of sp³-hybridized carbons (Fsp3) is 0.321. The number of aromatic nitrogens is 1. The van der Waals surface area contributed by atoms with Crippen LogP contribution in [0.4, 0.5) is 8.78 Å². The van der Waals surface area contributed by atoms with Crippen molar-refractivity contribution >= 4 is 11.8 Å². The van der Waals surface area contributed by atoms with Crippen molar-refractivity contribution in [3.63, 3.8) is 0 Å². The molecule has 3 aromatic rings. The summed E-state index contributed by atoms with van der Waals surface area (Å²) in [5.41, 5.74) is 1.32. The molecule has 7 heteroatoms. The number of carbonyl (C=O) groups excluding carboxylic acids is 2. The number of nitrogens with zero attached hydrogens (tertiary/aromatic N) is 2. The molecule has 2 aromatic carbocycles. The van der Waals surface area contributed by atoms with Crippen LogP contribution in [0.25, 0.3) is 0 Å². The molecular weight excluding hydrogens is 450 g/mol. The Hall–Kier alpha value is -3.45. The van der Waals surface area contributed by atoms with E-state index in [0.717, 1.165) is 25.9 Å². The van der Waals surface area contributed by atoms with E-state index >= 15 is 0 Å². The molecule has 3 aliphatic rings. The van der Waals surface area contributed by atoms with Gasteiger partial charge in [-0.3, -0.25) is 14.6 Å². The third-order valence-corrected chi connectivity index (χ3v) is 7.37. The van der Waals surface area contributed by atoms with Crippen molar-refractivity contribution in [1.82, 2.24) is 4.98 Å². The molecule has 0 saturated carbocycles. The Labute approximate surface area is 203 Å². The van der Waals surface area contributed by atoms with Crippen LogP contribution in [0.5, 0.6) is 0 Å². The monoisotopic (exact) mass is 477 g/mol. The third-order valence-electron chi connectivity index (χ3n) is 7.37. The molecule has 6 rings (SSSR count). The first kappa shape index (κ1) is 23.3. The number of esters is 1. The highest BCUT2D eigenvalue weighted by Crippen LogP contribution is 2.40. The highest BCUT2D eigenvalue weighted by molar-refractivity contribution is 5.95. The zero-order chi connectivity index (χ0) is 24.4. The van der Waals surface area contributed by atoms with Gasteiger partial charge in [0.2, 0.25) is 5.78 Å². The Morgan fingerprint density at radius 3 is 2.17 bits per heavy atom. The van der Waals surface area contributed by atoms with E-state index < -0.39 is 17.7 Å². The maximum atomic E-state index is 14.0. The van der Waals surface area contributed by atoms with Crippen molar-refractivity contribution in [2.24, 2.45) is 11.8 Å². The molecular formula is C28H27F2N2O3+. The van der Waals surface area contributed by atoms with Crippen LogP contribution in [0.2, 0.25) is 0 Å². The van der Waals surface area contributed by atoms with Crippen molar-refractivity contribution < 1.29 is 27.6 Å². The molecule has 3 saturated heterocycles. The number of hydrogen-bond donors (Lipinski definition) is 0. The van der Waals surface area contributed by atoms with Gasteiger partial charge >= 0.3 is 5.97 Å². The maximum Gasteiger partial charge on any atom is 0.315 e. The first-order valence-corrected chi connectivity index (χ1v) is 11.9. The van der Waals surface area contributed by atoms with Gasteiger partial charge in [0.25, 0.3) is 0 Å². The van der Waals surface area contributed by atoms with Gasteiger partial charge in [-0.05, 0) is 53.4 Å². The Kier molecular flexibility index (Phi) is 6.43. The summed E-state index contributed by atoms with van der Waals surface area (Å²) in [5, 5.41) is 0. The minimum Gasteiger partial charge on any atom is -0.452 e. The molecule has 0 spiro atoms. The fourth-order valence-electron chi connectivity index (χ4n) is 5.56. The SMILES string of the molecule is O=C(C[N+]12CCC(CC1)C(C(=O)OC(c1cccc(F)c1)c1cccc(F)c1)C2)c1ccccn1. The Morgan fingerprint density at radius 2 is 1.60 bits per heavy atom. The zero-order valence-corrected chi connectivity index (χ0v) is 19.3. The molecule has 35 heavy (non-hydrogen) atoms. The van der Waals surface area contributed by atoms with Crippen molar-refractivity contribution in [2.75, 3.05) is 26.2 Å². The summed E-state index contributed by atoms with van der Waals surface area (Å²) in [6.45, 7) is 2.49. The van der Waals surface area contributed by atoms with Crippen LogP contribution >= 0.6 is 0 Å². The van der Waals surface area contributed by atoms with Crippen LogP contribution < -0.4 is 0 Å². The molecule has 0 amide bonds. The lowest BCUT2D eigenvalue weighted by atomic mass is 9.77. The minimum atomic E-state index is -0.923. The van der Waals surface area contributed by atoms with Gasteiger partial charge in [0.05, 0.1) is 19.6 Å². The van der Waals surface area contributed by atoms with Crippen LogP contribution in [0.1, 0.15) is 40.6 Å². The van der Waals surface area contributed by atoms with Crippen molar-refractivity contribution in [1.29, 1.82) is 0 Å². The molecule has 3 aliphatic heterocycles. The maximum absolute atomic E-state index is 14.0. The smallest absolute Gasteiger partial charge is 0.315 e. The minimum absolute atomic E-state index is 0.0320. The molecule has 180 valence electrons. The molecule has 3 fully saturated rings. The van der Waals surface area contributed by atoms with Crippen molar-refractivity contribution in [3.05, 3.63) is 101 Å². The number of carbonyl (C=O) groups is 2. The number of piperidine rings is 3. The number of halogens is 2. The van der Waals surface area contributed by atoms with Crippen molar-refractivity contribution in [2.45, 2.75) is 18.9 Å². The molecule has 1 atom stereocenters. The first-order chi connectivity index (χ1) is 16.9. The summed E-state index contributed by atoms with van der Waals surface area (Å²) in [6.07, 6.45) is 2.35. The second-order valence-electron chi connectivity index (χ2n) is 9.64. The van der Waals surface area contributed by atoms with Gasteiger partial charge in [-0.2, -0.15) is 0 Å². The normalized spacial score (nSPS) is 23.3. The lowest BCUT2D eigenvalue weighted by Gasteiger charge is -2.51. The van der Waals surface area contributed by atoms with E-state index in [0.29, 0.717) is 34.4 Å². The Morgan fingerprint density at radius 1 is 0.943 bits per heavy atom. The average Bonchev–Trinajstić information content (AvgIpc) is 2.88. The van der Waals surface area contributed by atoms with Crippen LogP contribution in [-0.4, -0.2) is 47.4 Å². The second-order valence-corrected chi connectivity index (χ2v) is 9.64. The second kappa shape index (κ2) is 9.66. The quantitative estimate of drug-likeness (QED) is 0.280. The van der Waals surface area contributed by atoms with Gasteiger partial charge < -0.3 is 9.22 Å². The summed E-state index contributed by atoms with van der Waals surface area (Å²) in [5.74, 6) is -1.54. The average molecular weight is 478 g/mol. The molecule has 4 heterocycles. The highest BCUT2D eigenvalue weighted by atomic mass is 19.1. The predicted molar refractivity (Wildman–Crippen MR) is 125 cm³/mol. The van der Waals surface area contributed by atoms with E-state index in [2.05, 4.69) is 4.98 Å². The summed E-state index contributed by atoms with van der Waals surface area (Å²) in [4.78, 5) is 30.6. The van der Waals surface area contributed by atoms with E-state index in [1.807, 2.05) is 0 Å². The number of benzene rings is 2.